The highest BCUT2D eigenvalue weighted by Crippen LogP contribution is 2.15. The van der Waals surface area contributed by atoms with E-state index in [9.17, 15) is 5.11 Å². The zero-order valence-corrected chi connectivity index (χ0v) is 10.5. The summed E-state index contributed by atoms with van der Waals surface area (Å²) in [4.78, 5) is 0. The van der Waals surface area contributed by atoms with Crippen molar-refractivity contribution in [2.45, 2.75) is 77.2 Å². The maximum absolute atomic E-state index is 9.49. The molecule has 0 fully saturated rings. The lowest BCUT2D eigenvalue weighted by Gasteiger charge is -2.16. The van der Waals surface area contributed by atoms with Gasteiger partial charge in [0.15, 0.2) is 0 Å². The summed E-state index contributed by atoms with van der Waals surface area (Å²) in [5.74, 6) is 0. The summed E-state index contributed by atoms with van der Waals surface area (Å²) < 4.78 is 0. The van der Waals surface area contributed by atoms with Gasteiger partial charge in [0, 0.05) is 6.61 Å². The second-order valence-corrected chi connectivity index (χ2v) is 5.11. The minimum atomic E-state index is -0.485. The van der Waals surface area contributed by atoms with Crippen LogP contribution in [0.4, 0.5) is 0 Å². The van der Waals surface area contributed by atoms with Gasteiger partial charge in [-0.25, -0.2) is 0 Å². The summed E-state index contributed by atoms with van der Waals surface area (Å²) >= 11 is 0. The fourth-order valence-corrected chi connectivity index (χ4v) is 1.73. The van der Waals surface area contributed by atoms with Gasteiger partial charge in [-0.05, 0) is 26.7 Å². The number of hydrogen-bond acceptors (Lipinski definition) is 2. The first kappa shape index (κ1) is 14.9. The van der Waals surface area contributed by atoms with Crippen LogP contribution in [0, 0.1) is 0 Å². The maximum Gasteiger partial charge on any atom is 0.0591 e. The lowest BCUT2D eigenvalue weighted by Crippen LogP contribution is -2.17. The third-order valence-corrected chi connectivity index (χ3v) is 2.70. The minimum Gasteiger partial charge on any atom is -0.396 e. The fraction of sp³-hybridized carbons (Fsp3) is 1.00. The molecule has 2 nitrogen and oxygen atoms in total. The molecule has 0 radical (unpaired) electrons. The van der Waals surface area contributed by atoms with Crippen molar-refractivity contribution in [2.24, 2.45) is 0 Å². The molecule has 0 amide bonds. The molecule has 0 aromatic heterocycles. The Labute approximate surface area is 94.7 Å². The summed E-state index contributed by atoms with van der Waals surface area (Å²) in [6.07, 6.45) is 10.6. The highest BCUT2D eigenvalue weighted by Gasteiger charge is 2.10. The molecule has 0 unspecified atom stereocenters. The third kappa shape index (κ3) is 13.9. The lowest BCUT2D eigenvalue weighted by atomic mass is 9.99. The van der Waals surface area contributed by atoms with Gasteiger partial charge in [-0.15, -0.1) is 0 Å². The molecule has 0 rings (SSSR count). The highest BCUT2D eigenvalue weighted by atomic mass is 16.3. The summed E-state index contributed by atoms with van der Waals surface area (Å²) in [7, 11) is 0. The smallest absolute Gasteiger partial charge is 0.0591 e. The Balaban J connectivity index is 2.99. The number of aliphatic hydroxyl groups excluding tert-OH is 1. The first-order chi connectivity index (χ1) is 7.06. The molecule has 2 N–H and O–H groups in total. The van der Waals surface area contributed by atoms with E-state index in [1.54, 1.807) is 0 Å². The molecule has 0 aliphatic rings. The Morgan fingerprint density at radius 1 is 0.733 bits per heavy atom. The van der Waals surface area contributed by atoms with Gasteiger partial charge in [0.1, 0.15) is 0 Å². The maximum atomic E-state index is 9.49. The van der Waals surface area contributed by atoms with E-state index in [4.69, 9.17) is 5.11 Å². The van der Waals surface area contributed by atoms with Gasteiger partial charge >= 0.3 is 0 Å². The predicted molar refractivity (Wildman–Crippen MR) is 64.9 cm³/mol. The van der Waals surface area contributed by atoms with E-state index < -0.39 is 5.60 Å². The zero-order chi connectivity index (χ0) is 11.6. The van der Waals surface area contributed by atoms with Crippen LogP contribution in [0.2, 0.25) is 0 Å². The van der Waals surface area contributed by atoms with E-state index in [1.807, 2.05) is 13.8 Å². The van der Waals surface area contributed by atoms with E-state index in [1.165, 1.54) is 38.5 Å². The molecule has 15 heavy (non-hydrogen) atoms. The van der Waals surface area contributed by atoms with Crippen molar-refractivity contribution in [2.75, 3.05) is 6.61 Å². The minimum absolute atomic E-state index is 0.339. The van der Waals surface area contributed by atoms with Crippen LogP contribution in [0.1, 0.15) is 71.6 Å². The van der Waals surface area contributed by atoms with Crippen molar-refractivity contribution in [1.29, 1.82) is 0 Å². The molecular weight excluding hydrogens is 188 g/mol. The Bertz CT molecular complexity index is 127. The Morgan fingerprint density at radius 3 is 1.53 bits per heavy atom. The Morgan fingerprint density at radius 2 is 1.13 bits per heavy atom. The quantitative estimate of drug-likeness (QED) is 0.550. The Hall–Kier alpha value is -0.0800. The van der Waals surface area contributed by atoms with Gasteiger partial charge in [-0.3, -0.25) is 0 Å². The van der Waals surface area contributed by atoms with Crippen molar-refractivity contribution >= 4 is 0 Å². The van der Waals surface area contributed by atoms with Crippen LogP contribution in [-0.4, -0.2) is 22.4 Å². The molecule has 0 saturated heterocycles. The zero-order valence-electron chi connectivity index (χ0n) is 10.5. The van der Waals surface area contributed by atoms with E-state index in [2.05, 4.69) is 0 Å². The van der Waals surface area contributed by atoms with Crippen LogP contribution in [0.5, 0.6) is 0 Å². The normalized spacial score (nSPS) is 12.0. The molecule has 0 aliphatic heterocycles. The monoisotopic (exact) mass is 216 g/mol. The van der Waals surface area contributed by atoms with Crippen molar-refractivity contribution < 1.29 is 10.2 Å². The summed E-state index contributed by atoms with van der Waals surface area (Å²) in [5.41, 5.74) is -0.485. The number of unbranched alkanes of at least 4 members (excludes halogenated alkanes) is 7. The van der Waals surface area contributed by atoms with Gasteiger partial charge in [0.05, 0.1) is 5.60 Å². The molecule has 0 aliphatic carbocycles. The first-order valence-electron chi connectivity index (χ1n) is 6.39. The van der Waals surface area contributed by atoms with Crippen LogP contribution < -0.4 is 0 Å². The van der Waals surface area contributed by atoms with Crippen LogP contribution in [0.15, 0.2) is 0 Å². The summed E-state index contributed by atoms with van der Waals surface area (Å²) in [6.45, 7) is 4.09. The molecule has 2 heteroatoms. The van der Waals surface area contributed by atoms with E-state index >= 15 is 0 Å². The number of aliphatic hydroxyl groups is 2. The van der Waals surface area contributed by atoms with Crippen LogP contribution in [-0.2, 0) is 0 Å². The van der Waals surface area contributed by atoms with Gasteiger partial charge in [0.25, 0.3) is 0 Å². The SMILES string of the molecule is CC(C)(O)CCCCCCCCCCO. The van der Waals surface area contributed by atoms with Crippen molar-refractivity contribution in [3.05, 3.63) is 0 Å². The van der Waals surface area contributed by atoms with Gasteiger partial charge in [-0.1, -0.05) is 44.9 Å². The predicted octanol–water partition coefficient (Wildman–Crippen LogP) is 3.26. The number of hydrogen-bond donors (Lipinski definition) is 2. The topological polar surface area (TPSA) is 40.5 Å². The van der Waals surface area contributed by atoms with Gasteiger partial charge in [-0.2, -0.15) is 0 Å². The molecule has 0 bridgehead atoms. The van der Waals surface area contributed by atoms with Crippen LogP contribution >= 0.6 is 0 Å². The van der Waals surface area contributed by atoms with Crippen LogP contribution in [0.3, 0.4) is 0 Å². The molecule has 0 aromatic rings. The van der Waals surface area contributed by atoms with E-state index in [0.717, 1.165) is 19.3 Å². The molecule has 0 atom stereocenters. The standard InChI is InChI=1S/C13H28O2/c1-13(2,15)11-9-7-5-3-4-6-8-10-12-14/h14-15H,3-12H2,1-2H3. The molecular formula is C13H28O2. The van der Waals surface area contributed by atoms with Crippen molar-refractivity contribution in [3.8, 4) is 0 Å². The number of rotatable bonds is 10. The Kier molecular flexibility index (Phi) is 9.12. The average molecular weight is 216 g/mol. The van der Waals surface area contributed by atoms with Gasteiger partial charge in [0.2, 0.25) is 0 Å². The van der Waals surface area contributed by atoms with Crippen LogP contribution in [0.25, 0.3) is 0 Å². The lowest BCUT2D eigenvalue weighted by molar-refractivity contribution is 0.0680. The molecule has 0 aromatic carbocycles. The first-order valence-corrected chi connectivity index (χ1v) is 6.39. The van der Waals surface area contributed by atoms with Crippen molar-refractivity contribution in [1.82, 2.24) is 0 Å². The molecule has 0 heterocycles. The molecule has 0 saturated carbocycles. The fourth-order valence-electron chi connectivity index (χ4n) is 1.73. The second kappa shape index (κ2) is 9.17. The van der Waals surface area contributed by atoms with Gasteiger partial charge < -0.3 is 10.2 Å². The summed E-state index contributed by atoms with van der Waals surface area (Å²) in [6, 6.07) is 0. The molecule has 0 spiro atoms. The highest BCUT2D eigenvalue weighted by molar-refractivity contribution is 4.64. The third-order valence-electron chi connectivity index (χ3n) is 2.70. The van der Waals surface area contributed by atoms with E-state index in [-0.39, 0.29) is 0 Å². The van der Waals surface area contributed by atoms with E-state index in [0.29, 0.717) is 6.61 Å². The second-order valence-electron chi connectivity index (χ2n) is 5.11. The largest absolute Gasteiger partial charge is 0.396 e. The summed E-state index contributed by atoms with van der Waals surface area (Å²) in [5, 5.41) is 18.1. The van der Waals surface area contributed by atoms with Crippen molar-refractivity contribution in [3.63, 3.8) is 0 Å². The molecule has 92 valence electrons. The average Bonchev–Trinajstić information content (AvgIpc) is 2.14.